The van der Waals surface area contributed by atoms with Crippen molar-refractivity contribution in [3.8, 4) is 0 Å². The molecule has 0 aliphatic heterocycles. The molecule has 0 fully saturated rings. The Balaban J connectivity index is 3.66. The topological polar surface area (TPSA) is 122 Å². The molecule has 7 nitrogen and oxygen atoms in total. The molecule has 0 aliphatic rings. The van der Waals surface area contributed by atoms with Gasteiger partial charge in [0.1, 0.15) is 5.54 Å². The number of hydrogen-bond acceptors (Lipinski definition) is 3. The fraction of sp³-hybridized carbons (Fsp3) is 0.727. The summed E-state index contributed by atoms with van der Waals surface area (Å²) in [7, 11) is 0. The van der Waals surface area contributed by atoms with Crippen LogP contribution in [0.5, 0.6) is 0 Å². The highest BCUT2D eigenvalue weighted by atomic mass is 16.4. The monoisotopic (exact) mass is 259 g/mol. The maximum absolute atomic E-state index is 11.4. The van der Waals surface area contributed by atoms with Crippen LogP contribution in [0.1, 0.15) is 39.5 Å². The van der Waals surface area contributed by atoms with Crippen LogP contribution in [0.2, 0.25) is 0 Å². The number of nitrogens with one attached hydrogen (secondary N) is 2. The van der Waals surface area contributed by atoms with Crippen molar-refractivity contribution in [2.75, 3.05) is 6.54 Å². The Hall–Kier alpha value is -1.79. The Morgan fingerprint density at radius 3 is 2.28 bits per heavy atom. The van der Waals surface area contributed by atoms with Crippen LogP contribution in [0.4, 0.5) is 4.79 Å². The van der Waals surface area contributed by atoms with Gasteiger partial charge in [0.05, 0.1) is 0 Å². The van der Waals surface area contributed by atoms with Gasteiger partial charge in [-0.3, -0.25) is 9.59 Å². The Labute approximate surface area is 106 Å². The van der Waals surface area contributed by atoms with Gasteiger partial charge in [-0.25, -0.2) is 4.79 Å². The number of carbonyl (C=O) groups excluding carboxylic acids is 2. The molecular weight excluding hydrogens is 238 g/mol. The number of hydrogen-bond donors (Lipinski definition) is 4. The van der Waals surface area contributed by atoms with Crippen molar-refractivity contribution < 1.29 is 19.5 Å². The normalized spacial score (nSPS) is 10.8. The molecular formula is C11H21N3O4. The molecule has 0 bridgehead atoms. The van der Waals surface area contributed by atoms with E-state index in [0.717, 1.165) is 6.42 Å². The van der Waals surface area contributed by atoms with Gasteiger partial charge in [-0.2, -0.15) is 0 Å². The van der Waals surface area contributed by atoms with Gasteiger partial charge in [-0.05, 0) is 26.7 Å². The first kappa shape index (κ1) is 16.2. The van der Waals surface area contributed by atoms with Gasteiger partial charge < -0.3 is 21.5 Å². The molecule has 0 heterocycles. The Morgan fingerprint density at radius 2 is 1.78 bits per heavy atom. The van der Waals surface area contributed by atoms with Crippen LogP contribution in [-0.4, -0.2) is 35.1 Å². The maximum Gasteiger partial charge on any atom is 0.315 e. The smallest absolute Gasteiger partial charge is 0.315 e. The van der Waals surface area contributed by atoms with Crippen molar-refractivity contribution in [2.45, 2.75) is 45.1 Å². The van der Waals surface area contributed by atoms with Gasteiger partial charge >= 0.3 is 12.0 Å². The fourth-order valence-electron chi connectivity index (χ4n) is 1.17. The third kappa shape index (κ3) is 7.48. The van der Waals surface area contributed by atoms with E-state index in [1.807, 2.05) is 0 Å². The van der Waals surface area contributed by atoms with Gasteiger partial charge in [0, 0.05) is 13.0 Å². The largest absolute Gasteiger partial charge is 0.481 e. The van der Waals surface area contributed by atoms with Crippen LogP contribution in [0, 0.1) is 0 Å². The molecule has 0 unspecified atom stereocenters. The molecule has 0 radical (unpaired) electrons. The zero-order valence-corrected chi connectivity index (χ0v) is 10.8. The van der Waals surface area contributed by atoms with Crippen LogP contribution in [-0.2, 0) is 9.59 Å². The van der Waals surface area contributed by atoms with Gasteiger partial charge in [-0.15, -0.1) is 0 Å². The van der Waals surface area contributed by atoms with E-state index in [9.17, 15) is 14.4 Å². The zero-order valence-electron chi connectivity index (χ0n) is 10.8. The number of nitrogens with two attached hydrogens (primary N) is 1. The number of carboxylic acid groups (broad SMARTS) is 1. The standard InChI is InChI=1S/C11H21N3O4/c1-11(2,9(12)17)14-10(18)13-7-5-3-4-6-8(15)16/h3-7H2,1-2H3,(H2,12,17)(H,15,16)(H2,13,14,18). The van der Waals surface area contributed by atoms with Crippen molar-refractivity contribution >= 4 is 17.9 Å². The second kappa shape index (κ2) is 7.52. The second-order valence-electron chi connectivity index (χ2n) is 4.57. The molecule has 0 saturated carbocycles. The van der Waals surface area contributed by atoms with E-state index in [-0.39, 0.29) is 6.42 Å². The molecule has 18 heavy (non-hydrogen) atoms. The number of unbranched alkanes of at least 4 members (excludes halogenated alkanes) is 2. The van der Waals surface area contributed by atoms with Crippen molar-refractivity contribution in [2.24, 2.45) is 5.73 Å². The first-order valence-electron chi connectivity index (χ1n) is 5.83. The summed E-state index contributed by atoms with van der Waals surface area (Å²) in [4.78, 5) is 32.6. The Kier molecular flexibility index (Phi) is 6.77. The lowest BCUT2D eigenvalue weighted by molar-refractivity contribution is -0.137. The molecule has 0 atom stereocenters. The third-order valence-electron chi connectivity index (χ3n) is 2.40. The number of carbonyl (C=O) groups is 3. The predicted molar refractivity (Wildman–Crippen MR) is 65.9 cm³/mol. The molecule has 7 heteroatoms. The summed E-state index contributed by atoms with van der Waals surface area (Å²) in [6.07, 6.45) is 2.15. The Morgan fingerprint density at radius 1 is 1.17 bits per heavy atom. The summed E-state index contributed by atoms with van der Waals surface area (Å²) in [6.45, 7) is 3.46. The lowest BCUT2D eigenvalue weighted by Crippen LogP contribution is -2.55. The third-order valence-corrected chi connectivity index (χ3v) is 2.40. The van der Waals surface area contributed by atoms with Crippen molar-refractivity contribution in [3.05, 3.63) is 0 Å². The highest BCUT2D eigenvalue weighted by molar-refractivity contribution is 5.89. The molecule has 0 aromatic heterocycles. The van der Waals surface area contributed by atoms with Crippen molar-refractivity contribution in [1.82, 2.24) is 10.6 Å². The van der Waals surface area contributed by atoms with E-state index in [4.69, 9.17) is 10.8 Å². The second-order valence-corrected chi connectivity index (χ2v) is 4.57. The number of aliphatic carboxylic acids is 1. The van der Waals surface area contributed by atoms with Gasteiger partial charge in [0.2, 0.25) is 5.91 Å². The molecule has 0 aromatic rings. The molecule has 3 amide bonds. The summed E-state index contributed by atoms with van der Waals surface area (Å²) in [6, 6.07) is -0.461. The van der Waals surface area contributed by atoms with E-state index in [1.165, 1.54) is 13.8 Å². The molecule has 0 aliphatic carbocycles. The van der Waals surface area contributed by atoms with E-state index in [0.29, 0.717) is 19.4 Å². The van der Waals surface area contributed by atoms with Crippen LogP contribution in [0.25, 0.3) is 0 Å². The molecule has 104 valence electrons. The molecule has 0 spiro atoms. The van der Waals surface area contributed by atoms with E-state index in [1.54, 1.807) is 0 Å². The lowest BCUT2D eigenvalue weighted by Gasteiger charge is -2.22. The number of primary amides is 1. The van der Waals surface area contributed by atoms with Crippen LogP contribution in [0.15, 0.2) is 0 Å². The summed E-state index contributed by atoms with van der Waals surface area (Å²) >= 11 is 0. The lowest BCUT2D eigenvalue weighted by atomic mass is 10.1. The Bertz CT molecular complexity index is 315. The van der Waals surface area contributed by atoms with Gasteiger partial charge in [-0.1, -0.05) is 6.42 Å². The van der Waals surface area contributed by atoms with E-state index < -0.39 is 23.4 Å². The summed E-state index contributed by atoms with van der Waals surface area (Å²) in [5, 5.41) is 13.4. The first-order valence-corrected chi connectivity index (χ1v) is 5.83. The average molecular weight is 259 g/mol. The van der Waals surface area contributed by atoms with Gasteiger partial charge in [0.25, 0.3) is 0 Å². The number of amides is 3. The minimum atomic E-state index is -1.09. The average Bonchev–Trinajstić information content (AvgIpc) is 2.21. The van der Waals surface area contributed by atoms with Crippen LogP contribution < -0.4 is 16.4 Å². The number of urea groups is 1. The van der Waals surface area contributed by atoms with Crippen molar-refractivity contribution in [3.63, 3.8) is 0 Å². The molecule has 0 saturated heterocycles. The highest BCUT2D eigenvalue weighted by Gasteiger charge is 2.26. The molecule has 0 rings (SSSR count). The maximum atomic E-state index is 11.4. The number of carboxylic acids is 1. The molecule has 5 N–H and O–H groups in total. The van der Waals surface area contributed by atoms with Crippen LogP contribution in [0.3, 0.4) is 0 Å². The predicted octanol–water partition coefficient (Wildman–Crippen LogP) is 0.195. The number of rotatable bonds is 8. The minimum Gasteiger partial charge on any atom is -0.481 e. The highest BCUT2D eigenvalue weighted by Crippen LogP contribution is 2.00. The first-order chi connectivity index (χ1) is 8.25. The van der Waals surface area contributed by atoms with Crippen molar-refractivity contribution in [1.29, 1.82) is 0 Å². The van der Waals surface area contributed by atoms with Gasteiger partial charge in [0.15, 0.2) is 0 Å². The summed E-state index contributed by atoms with van der Waals surface area (Å²) in [5.41, 5.74) is 4.01. The minimum absolute atomic E-state index is 0.140. The summed E-state index contributed by atoms with van der Waals surface area (Å²) in [5.74, 6) is -1.43. The fourth-order valence-corrected chi connectivity index (χ4v) is 1.17. The van der Waals surface area contributed by atoms with E-state index >= 15 is 0 Å². The van der Waals surface area contributed by atoms with Crippen LogP contribution >= 0.6 is 0 Å². The quantitative estimate of drug-likeness (QED) is 0.465. The SMILES string of the molecule is CC(C)(NC(=O)NCCCCCC(=O)O)C(N)=O. The van der Waals surface area contributed by atoms with E-state index in [2.05, 4.69) is 10.6 Å². The summed E-state index contributed by atoms with van der Waals surface area (Å²) < 4.78 is 0. The molecule has 0 aromatic carbocycles. The zero-order chi connectivity index (χ0) is 14.2.